The fraction of sp³-hybridized carbons (Fsp3) is 0.429. The molecule has 1 unspecified atom stereocenters. The third-order valence-corrected chi connectivity index (χ3v) is 9.57. The minimum atomic E-state index is -0.894. The lowest BCUT2D eigenvalue weighted by Gasteiger charge is -2.28. The van der Waals surface area contributed by atoms with Gasteiger partial charge in [0.15, 0.2) is 0 Å². The zero-order valence-corrected chi connectivity index (χ0v) is 24.6. The number of hydrogen-bond donors (Lipinski definition) is 1. The van der Waals surface area contributed by atoms with Crippen molar-refractivity contribution in [3.05, 3.63) is 82.4 Å². The Bertz CT molecular complexity index is 1630. The van der Waals surface area contributed by atoms with E-state index in [1.54, 1.807) is 13.2 Å². The van der Waals surface area contributed by atoms with Crippen LogP contribution in [0.15, 0.2) is 59.9 Å². The predicted molar refractivity (Wildman–Crippen MR) is 166 cm³/mol. The maximum atomic E-state index is 12.1. The van der Waals surface area contributed by atoms with Crippen molar-refractivity contribution in [3.63, 3.8) is 0 Å². The van der Waals surface area contributed by atoms with Crippen molar-refractivity contribution >= 4 is 33.8 Å². The van der Waals surface area contributed by atoms with Crippen molar-refractivity contribution in [3.8, 4) is 0 Å². The number of aromatic nitrogens is 2. The molecule has 2 aliphatic carbocycles. The topological polar surface area (TPSA) is 76.8 Å². The molecule has 2 fully saturated rings. The number of allylic oxidation sites excluding steroid dienone is 6. The molecule has 2 aromatic heterocycles. The number of fused-ring (bicyclic) bond motifs is 4. The van der Waals surface area contributed by atoms with Gasteiger partial charge in [-0.2, -0.15) is 0 Å². The number of ether oxygens (including phenoxy) is 2. The van der Waals surface area contributed by atoms with Crippen LogP contribution in [-0.4, -0.2) is 54.0 Å². The second kappa shape index (κ2) is 11.1. The Morgan fingerprint density at radius 2 is 1.88 bits per heavy atom. The molecule has 4 aliphatic rings. The number of carboxylic acids is 1. The monoisotopic (exact) mass is 565 g/mol. The van der Waals surface area contributed by atoms with E-state index < -0.39 is 5.97 Å². The van der Waals surface area contributed by atoms with Gasteiger partial charge >= 0.3 is 5.97 Å². The molecule has 7 rings (SSSR count). The molecule has 0 radical (unpaired) electrons. The molecule has 7 nitrogen and oxygen atoms in total. The van der Waals surface area contributed by atoms with Crippen molar-refractivity contribution in [2.75, 3.05) is 38.3 Å². The predicted octanol–water partition coefficient (Wildman–Crippen LogP) is 7.04. The molecule has 1 aromatic carbocycles. The second-order valence-corrected chi connectivity index (χ2v) is 12.2. The lowest BCUT2D eigenvalue weighted by Crippen LogP contribution is -2.36. The molecule has 2 aliphatic heterocycles. The average molecular weight is 566 g/mol. The molecule has 0 bridgehead atoms. The van der Waals surface area contributed by atoms with Gasteiger partial charge in [0.2, 0.25) is 0 Å². The molecule has 1 saturated heterocycles. The van der Waals surface area contributed by atoms with E-state index >= 15 is 0 Å². The maximum Gasteiger partial charge on any atom is 0.335 e. The van der Waals surface area contributed by atoms with E-state index in [1.807, 2.05) is 6.07 Å². The van der Waals surface area contributed by atoms with Crippen LogP contribution in [0.25, 0.3) is 22.0 Å². The third-order valence-electron chi connectivity index (χ3n) is 9.57. The average Bonchev–Trinajstić information content (AvgIpc) is 3.22. The first-order valence-electron chi connectivity index (χ1n) is 15.4. The fourth-order valence-electron chi connectivity index (χ4n) is 7.53. The number of aromatic carboxylic acids is 1. The second-order valence-electron chi connectivity index (χ2n) is 12.2. The molecule has 0 spiro atoms. The van der Waals surface area contributed by atoms with Gasteiger partial charge in [-0.3, -0.25) is 0 Å². The summed E-state index contributed by atoms with van der Waals surface area (Å²) in [5.41, 5.74) is 8.59. The molecule has 218 valence electrons. The number of rotatable bonds is 5. The van der Waals surface area contributed by atoms with Crippen molar-refractivity contribution in [1.29, 1.82) is 0 Å². The molecule has 0 amide bonds. The van der Waals surface area contributed by atoms with E-state index in [4.69, 9.17) is 14.5 Å². The highest BCUT2D eigenvalue weighted by atomic mass is 16.5. The number of methoxy groups -OCH3 is 1. The highest BCUT2D eigenvalue weighted by molar-refractivity contribution is 5.99. The van der Waals surface area contributed by atoms with E-state index in [2.05, 4.69) is 52.8 Å². The number of pyridine rings is 1. The lowest BCUT2D eigenvalue weighted by atomic mass is 9.78. The highest BCUT2D eigenvalue weighted by Crippen LogP contribution is 2.49. The van der Waals surface area contributed by atoms with Crippen LogP contribution in [0.2, 0.25) is 0 Å². The van der Waals surface area contributed by atoms with Gasteiger partial charge in [-0.25, -0.2) is 9.78 Å². The summed E-state index contributed by atoms with van der Waals surface area (Å²) in [5.74, 6) is 1.78. The number of anilines is 1. The Hall–Kier alpha value is -3.84. The molecule has 1 atom stereocenters. The molecule has 7 heteroatoms. The number of morpholine rings is 1. The summed E-state index contributed by atoms with van der Waals surface area (Å²) in [6.07, 6.45) is 11.5. The minimum absolute atomic E-state index is 0.257. The van der Waals surface area contributed by atoms with E-state index in [0.717, 1.165) is 47.9 Å². The molecule has 1 N–H and O–H groups in total. The molecule has 1 saturated carbocycles. The summed E-state index contributed by atoms with van der Waals surface area (Å²) >= 11 is 0. The van der Waals surface area contributed by atoms with Gasteiger partial charge in [0.25, 0.3) is 0 Å². The van der Waals surface area contributed by atoms with E-state index in [1.165, 1.54) is 59.9 Å². The summed E-state index contributed by atoms with van der Waals surface area (Å²) in [6.45, 7) is 6.00. The standard InChI is InChI=1S/C35H39N3O4/c1-22-17-27(41-2)19-25-18-26(29-9-6-10-31(36-29)37-13-15-42-16-14-37)21-38-30-20-24(35(39)40)11-12-28(30)33(34(38)32(22)25)23-7-4-3-5-8-23/h6,9-12,18-20,22-23H,3-5,7-8,13-17,21H2,1-2H3,(H,39,40). The first-order valence-corrected chi connectivity index (χ1v) is 15.4. The highest BCUT2D eigenvalue weighted by Gasteiger charge is 2.34. The van der Waals surface area contributed by atoms with E-state index in [9.17, 15) is 9.90 Å². The summed E-state index contributed by atoms with van der Waals surface area (Å²) in [6, 6.07) is 12.0. The Kier molecular flexibility index (Phi) is 7.14. The van der Waals surface area contributed by atoms with Crippen LogP contribution >= 0.6 is 0 Å². The zero-order valence-electron chi connectivity index (χ0n) is 24.6. The summed E-state index contributed by atoms with van der Waals surface area (Å²) in [4.78, 5) is 19.6. The number of nitrogens with zero attached hydrogens (tertiary/aromatic N) is 3. The van der Waals surface area contributed by atoms with Crippen LogP contribution in [0.5, 0.6) is 0 Å². The van der Waals surface area contributed by atoms with E-state index in [0.29, 0.717) is 31.2 Å². The van der Waals surface area contributed by atoms with Crippen molar-refractivity contribution < 1.29 is 19.4 Å². The first-order chi connectivity index (χ1) is 20.5. The SMILES string of the molecule is COC1=CC2=C(c3c(C4CCCCC4)c4ccc(C(=O)O)cc4n3CC(c3cccc(N4CCOCC4)n3)=C2)C(C)C1. The lowest BCUT2D eigenvalue weighted by molar-refractivity contribution is 0.0697. The number of benzene rings is 1. The number of carbonyl (C=O) groups is 1. The third kappa shape index (κ3) is 4.74. The summed E-state index contributed by atoms with van der Waals surface area (Å²) in [7, 11) is 1.76. The molecular formula is C35H39N3O4. The van der Waals surface area contributed by atoms with Gasteiger partial charge in [0.05, 0.1) is 43.9 Å². The molecular weight excluding hydrogens is 526 g/mol. The first kappa shape index (κ1) is 27.0. The fourth-order valence-corrected chi connectivity index (χ4v) is 7.53. The van der Waals surface area contributed by atoms with Gasteiger partial charge < -0.3 is 24.0 Å². The molecule has 3 aromatic rings. The van der Waals surface area contributed by atoms with Crippen LogP contribution < -0.4 is 4.90 Å². The minimum Gasteiger partial charge on any atom is -0.501 e. The Balaban J connectivity index is 1.47. The quantitative estimate of drug-likeness (QED) is 0.358. The van der Waals surface area contributed by atoms with Crippen LogP contribution in [-0.2, 0) is 16.0 Å². The van der Waals surface area contributed by atoms with Crippen LogP contribution in [0.3, 0.4) is 0 Å². The Morgan fingerprint density at radius 1 is 1.07 bits per heavy atom. The Labute approximate surface area is 247 Å². The maximum absolute atomic E-state index is 12.1. The van der Waals surface area contributed by atoms with Gasteiger partial charge in [0.1, 0.15) is 5.82 Å². The van der Waals surface area contributed by atoms with Crippen molar-refractivity contribution in [1.82, 2.24) is 9.55 Å². The molecule has 42 heavy (non-hydrogen) atoms. The molecule has 4 heterocycles. The van der Waals surface area contributed by atoms with E-state index in [-0.39, 0.29) is 5.92 Å². The number of carboxylic acid groups (broad SMARTS) is 1. The number of hydrogen-bond acceptors (Lipinski definition) is 5. The van der Waals surface area contributed by atoms with Gasteiger partial charge in [-0.1, -0.05) is 38.3 Å². The normalized spacial score (nSPS) is 21.4. The zero-order chi connectivity index (χ0) is 28.8. The smallest absolute Gasteiger partial charge is 0.335 e. The van der Waals surface area contributed by atoms with Gasteiger partial charge in [-0.15, -0.1) is 0 Å². The largest absolute Gasteiger partial charge is 0.501 e. The summed E-state index contributed by atoms with van der Waals surface area (Å²) in [5, 5.41) is 11.1. The van der Waals surface area contributed by atoms with Crippen molar-refractivity contribution in [2.24, 2.45) is 5.92 Å². The van der Waals surface area contributed by atoms with Crippen LogP contribution in [0.1, 0.15) is 78.7 Å². The van der Waals surface area contributed by atoms with Gasteiger partial charge in [-0.05, 0) is 83.4 Å². The van der Waals surface area contributed by atoms with Crippen molar-refractivity contribution in [2.45, 2.75) is 57.9 Å². The van der Waals surface area contributed by atoms with Crippen LogP contribution in [0.4, 0.5) is 5.82 Å². The Morgan fingerprint density at radius 3 is 2.64 bits per heavy atom. The van der Waals surface area contributed by atoms with Crippen LogP contribution in [0, 0.1) is 5.92 Å². The summed E-state index contributed by atoms with van der Waals surface area (Å²) < 4.78 is 13.8. The van der Waals surface area contributed by atoms with Gasteiger partial charge in [0, 0.05) is 36.1 Å².